The number of methoxy groups -OCH3 is 1. The minimum Gasteiger partial charge on any atom is -0.497 e. The Bertz CT molecular complexity index is 1200. The van der Waals surface area contributed by atoms with Gasteiger partial charge in [-0.3, -0.25) is 19.3 Å². The summed E-state index contributed by atoms with van der Waals surface area (Å²) in [7, 11) is 1.58. The molecular formula is C26H22N2O5. The van der Waals surface area contributed by atoms with Crippen LogP contribution >= 0.6 is 0 Å². The standard InChI is InChI=1S/C26H22N2O5/c1-3-33-19-14-10-17(11-15-19)27-22(16-8-12-18(32-2)13-9-16)23(26(27)31)28-24(29)20-6-4-5-7-21(20)25(28)30/h4-15,22-23H,3H2,1-2H3/t22-,23+/m1/s1. The molecule has 0 saturated carbocycles. The number of benzene rings is 3. The second-order valence-corrected chi connectivity index (χ2v) is 7.82. The van der Waals surface area contributed by atoms with Gasteiger partial charge in [0.2, 0.25) is 0 Å². The van der Waals surface area contributed by atoms with E-state index in [9.17, 15) is 14.4 Å². The summed E-state index contributed by atoms with van der Waals surface area (Å²) in [5.41, 5.74) is 2.11. The van der Waals surface area contributed by atoms with Crippen molar-refractivity contribution < 1.29 is 23.9 Å². The van der Waals surface area contributed by atoms with Crippen LogP contribution in [0.2, 0.25) is 0 Å². The first-order chi connectivity index (χ1) is 16.0. The van der Waals surface area contributed by atoms with E-state index in [-0.39, 0.29) is 5.91 Å². The zero-order chi connectivity index (χ0) is 23.1. The molecule has 0 bridgehead atoms. The van der Waals surface area contributed by atoms with Crippen molar-refractivity contribution in [1.82, 2.24) is 4.90 Å². The lowest BCUT2D eigenvalue weighted by molar-refractivity contribution is -0.130. The van der Waals surface area contributed by atoms with Gasteiger partial charge in [0.25, 0.3) is 17.7 Å². The highest BCUT2D eigenvalue weighted by Crippen LogP contribution is 2.44. The predicted molar refractivity (Wildman–Crippen MR) is 122 cm³/mol. The van der Waals surface area contributed by atoms with Crippen molar-refractivity contribution in [3.05, 3.63) is 89.5 Å². The van der Waals surface area contributed by atoms with E-state index < -0.39 is 23.9 Å². The quantitative estimate of drug-likeness (QED) is 0.428. The van der Waals surface area contributed by atoms with Crippen LogP contribution in [0.1, 0.15) is 39.2 Å². The van der Waals surface area contributed by atoms with Gasteiger partial charge in [-0.25, -0.2) is 0 Å². The lowest BCUT2D eigenvalue weighted by Gasteiger charge is -2.49. The highest BCUT2D eigenvalue weighted by Gasteiger charge is 2.57. The fourth-order valence-electron chi connectivity index (χ4n) is 4.48. The average molecular weight is 442 g/mol. The monoisotopic (exact) mass is 442 g/mol. The van der Waals surface area contributed by atoms with E-state index in [1.54, 1.807) is 72.7 Å². The summed E-state index contributed by atoms with van der Waals surface area (Å²) >= 11 is 0. The predicted octanol–water partition coefficient (Wildman–Crippen LogP) is 3.85. The first-order valence-corrected chi connectivity index (χ1v) is 10.7. The normalized spacial score (nSPS) is 19.4. The van der Waals surface area contributed by atoms with E-state index in [2.05, 4.69) is 0 Å². The first kappa shape index (κ1) is 20.8. The van der Waals surface area contributed by atoms with Crippen LogP contribution in [-0.2, 0) is 4.79 Å². The number of carbonyl (C=O) groups is 3. The van der Waals surface area contributed by atoms with Crippen LogP contribution in [-0.4, -0.2) is 42.4 Å². The van der Waals surface area contributed by atoms with Gasteiger partial charge in [0, 0.05) is 5.69 Å². The van der Waals surface area contributed by atoms with Gasteiger partial charge >= 0.3 is 0 Å². The number of anilines is 1. The van der Waals surface area contributed by atoms with E-state index in [4.69, 9.17) is 9.47 Å². The molecule has 7 nitrogen and oxygen atoms in total. The topological polar surface area (TPSA) is 76.2 Å². The summed E-state index contributed by atoms with van der Waals surface area (Å²) in [6.07, 6.45) is 0. The Morgan fingerprint density at radius 1 is 0.727 bits per heavy atom. The number of amides is 3. The summed E-state index contributed by atoms with van der Waals surface area (Å²) in [4.78, 5) is 42.4. The molecule has 2 heterocycles. The molecule has 5 rings (SSSR count). The average Bonchev–Trinajstić information content (AvgIpc) is 3.09. The maximum Gasteiger partial charge on any atom is 0.262 e. The number of β-lactam (4-membered cyclic amide) rings is 1. The Balaban J connectivity index is 1.54. The summed E-state index contributed by atoms with van der Waals surface area (Å²) < 4.78 is 10.8. The van der Waals surface area contributed by atoms with Gasteiger partial charge in [-0.1, -0.05) is 24.3 Å². The second-order valence-electron chi connectivity index (χ2n) is 7.82. The van der Waals surface area contributed by atoms with Crippen LogP contribution in [0.15, 0.2) is 72.8 Å². The minimum absolute atomic E-state index is 0.311. The Hall–Kier alpha value is -4.13. The SMILES string of the molecule is CCOc1ccc(N2C(=O)[C@@H](N3C(=O)c4ccccc4C3=O)[C@H]2c2ccc(OC)cc2)cc1. The first-order valence-electron chi connectivity index (χ1n) is 10.7. The van der Waals surface area contributed by atoms with Crippen LogP contribution < -0.4 is 14.4 Å². The molecule has 2 aliphatic heterocycles. The van der Waals surface area contributed by atoms with Crippen molar-refractivity contribution in [2.45, 2.75) is 19.0 Å². The molecule has 2 aliphatic rings. The summed E-state index contributed by atoms with van der Waals surface area (Å²) in [5.74, 6) is 0.175. The van der Waals surface area contributed by atoms with Crippen LogP contribution in [0, 0.1) is 0 Å². The van der Waals surface area contributed by atoms with E-state index in [1.807, 2.05) is 19.1 Å². The smallest absolute Gasteiger partial charge is 0.262 e. The molecule has 0 unspecified atom stereocenters. The number of rotatable bonds is 6. The van der Waals surface area contributed by atoms with Gasteiger partial charge in [0.05, 0.1) is 30.9 Å². The van der Waals surface area contributed by atoms with E-state index in [0.717, 1.165) is 10.5 Å². The molecule has 0 radical (unpaired) electrons. The number of hydrogen-bond donors (Lipinski definition) is 0. The number of imide groups is 1. The van der Waals surface area contributed by atoms with Crippen LogP contribution in [0.5, 0.6) is 11.5 Å². The summed E-state index contributed by atoms with van der Waals surface area (Å²) in [5, 5.41) is 0. The fourth-order valence-corrected chi connectivity index (χ4v) is 4.48. The maximum atomic E-state index is 13.4. The molecule has 1 saturated heterocycles. The molecule has 0 spiro atoms. The number of nitrogens with zero attached hydrogens (tertiary/aromatic N) is 2. The van der Waals surface area contributed by atoms with E-state index in [1.165, 1.54) is 0 Å². The number of carbonyl (C=O) groups excluding carboxylic acids is 3. The molecule has 0 aromatic heterocycles. The number of hydrogen-bond acceptors (Lipinski definition) is 5. The van der Waals surface area contributed by atoms with Gasteiger partial charge < -0.3 is 14.4 Å². The Morgan fingerprint density at radius 3 is 1.85 bits per heavy atom. The third-order valence-corrected chi connectivity index (χ3v) is 6.05. The van der Waals surface area contributed by atoms with Crippen LogP contribution in [0.3, 0.4) is 0 Å². The molecule has 1 fully saturated rings. The fraction of sp³-hybridized carbons (Fsp3) is 0.192. The minimum atomic E-state index is -0.933. The number of ether oxygens (including phenoxy) is 2. The molecule has 2 atom stereocenters. The lowest BCUT2D eigenvalue weighted by Crippen LogP contribution is -2.67. The Kier molecular flexibility index (Phi) is 5.09. The molecule has 0 aliphatic carbocycles. The van der Waals surface area contributed by atoms with Crippen LogP contribution in [0.4, 0.5) is 5.69 Å². The second kappa shape index (κ2) is 8.09. The van der Waals surface area contributed by atoms with Crippen molar-refractivity contribution in [1.29, 1.82) is 0 Å². The van der Waals surface area contributed by atoms with Crippen molar-refractivity contribution >= 4 is 23.4 Å². The van der Waals surface area contributed by atoms with Gasteiger partial charge in [-0.05, 0) is 61.0 Å². The van der Waals surface area contributed by atoms with Crippen molar-refractivity contribution in [2.24, 2.45) is 0 Å². The summed E-state index contributed by atoms with van der Waals surface area (Å²) in [6.45, 7) is 2.44. The Morgan fingerprint density at radius 2 is 1.30 bits per heavy atom. The zero-order valence-electron chi connectivity index (χ0n) is 18.2. The van der Waals surface area contributed by atoms with Crippen molar-refractivity contribution in [3.8, 4) is 11.5 Å². The van der Waals surface area contributed by atoms with Gasteiger partial charge in [0.1, 0.15) is 17.5 Å². The molecule has 3 aromatic rings. The van der Waals surface area contributed by atoms with E-state index in [0.29, 0.717) is 34.9 Å². The third-order valence-electron chi connectivity index (χ3n) is 6.05. The van der Waals surface area contributed by atoms with Crippen LogP contribution in [0.25, 0.3) is 0 Å². The van der Waals surface area contributed by atoms with Crippen molar-refractivity contribution in [3.63, 3.8) is 0 Å². The molecule has 33 heavy (non-hydrogen) atoms. The highest BCUT2D eigenvalue weighted by atomic mass is 16.5. The molecular weight excluding hydrogens is 420 g/mol. The largest absolute Gasteiger partial charge is 0.497 e. The lowest BCUT2D eigenvalue weighted by atomic mass is 9.86. The van der Waals surface area contributed by atoms with Crippen molar-refractivity contribution in [2.75, 3.05) is 18.6 Å². The van der Waals surface area contributed by atoms with E-state index >= 15 is 0 Å². The molecule has 7 heteroatoms. The number of fused-ring (bicyclic) bond motifs is 1. The Labute approximate surface area is 191 Å². The maximum absolute atomic E-state index is 13.4. The molecule has 3 aromatic carbocycles. The molecule has 166 valence electrons. The zero-order valence-corrected chi connectivity index (χ0v) is 18.2. The van der Waals surface area contributed by atoms with Gasteiger partial charge in [-0.2, -0.15) is 0 Å². The van der Waals surface area contributed by atoms with Gasteiger partial charge in [-0.15, -0.1) is 0 Å². The van der Waals surface area contributed by atoms with Gasteiger partial charge in [0.15, 0.2) is 0 Å². The third kappa shape index (κ3) is 3.24. The molecule has 3 amide bonds. The summed E-state index contributed by atoms with van der Waals surface area (Å²) in [6, 6.07) is 19.7. The highest BCUT2D eigenvalue weighted by molar-refractivity contribution is 6.24. The molecule has 0 N–H and O–H groups in total.